The molecule has 0 radical (unpaired) electrons. The molecule has 1 saturated heterocycles. The molecular weight excluding hydrogens is 326 g/mol. The fraction of sp³-hybridized carbons (Fsp3) is 0.455. The van der Waals surface area contributed by atoms with Gasteiger partial charge in [-0.05, 0) is 22.8 Å². The van der Waals surface area contributed by atoms with Gasteiger partial charge < -0.3 is 9.64 Å². The Kier molecular flexibility index (Phi) is 6.04. The molecule has 1 heterocycles. The Morgan fingerprint density at radius 3 is 2.46 bits per heavy atom. The third kappa shape index (κ3) is 4.31. The van der Waals surface area contributed by atoms with Crippen molar-refractivity contribution in [1.82, 2.24) is 4.90 Å². The van der Waals surface area contributed by atoms with Crippen LogP contribution in [0, 0.1) is 11.8 Å². The smallest absolute Gasteiger partial charge is 0.223 e. The van der Waals surface area contributed by atoms with E-state index in [2.05, 4.69) is 24.3 Å². The molecule has 4 heteroatoms. The number of carbonyl (C=O) groups is 2. The van der Waals surface area contributed by atoms with Gasteiger partial charge in [0.1, 0.15) is 5.78 Å². The van der Waals surface area contributed by atoms with Gasteiger partial charge >= 0.3 is 0 Å². The molecule has 2 aromatic rings. The Bertz CT molecular complexity index is 773. The molecular formula is C22H27NO3. The van der Waals surface area contributed by atoms with Crippen LogP contribution in [0.25, 0.3) is 10.8 Å². The number of hydrogen-bond acceptors (Lipinski definition) is 3. The Balaban J connectivity index is 1.81. The lowest BCUT2D eigenvalue weighted by atomic mass is 9.85. The van der Waals surface area contributed by atoms with Crippen LogP contribution in [-0.4, -0.2) is 42.9 Å². The largest absolute Gasteiger partial charge is 0.378 e. The summed E-state index contributed by atoms with van der Waals surface area (Å²) in [6.07, 6.45) is 0.884. The quantitative estimate of drug-likeness (QED) is 0.799. The van der Waals surface area contributed by atoms with Crippen molar-refractivity contribution in [3.8, 4) is 0 Å². The molecule has 0 aromatic heterocycles. The summed E-state index contributed by atoms with van der Waals surface area (Å²) in [5, 5.41) is 2.33. The zero-order chi connectivity index (χ0) is 18.5. The number of amides is 1. The second-order valence-corrected chi connectivity index (χ2v) is 7.29. The number of ether oxygens (including phenoxy) is 1. The normalized spacial score (nSPS) is 16.0. The number of ketones is 1. The molecule has 1 aliphatic heterocycles. The van der Waals surface area contributed by atoms with Crippen LogP contribution < -0.4 is 0 Å². The van der Waals surface area contributed by atoms with E-state index in [0.717, 1.165) is 10.9 Å². The van der Waals surface area contributed by atoms with E-state index in [1.807, 2.05) is 36.9 Å². The lowest BCUT2D eigenvalue weighted by molar-refractivity contribution is -0.139. The summed E-state index contributed by atoms with van der Waals surface area (Å²) >= 11 is 0. The van der Waals surface area contributed by atoms with Gasteiger partial charge in [-0.25, -0.2) is 0 Å². The maximum absolute atomic E-state index is 12.8. The van der Waals surface area contributed by atoms with Crippen molar-refractivity contribution in [1.29, 1.82) is 0 Å². The number of Topliss-reactive ketones (excluding diaryl/α,β-unsaturated/α-hetero) is 1. The van der Waals surface area contributed by atoms with Gasteiger partial charge in [-0.1, -0.05) is 56.3 Å². The second-order valence-electron chi connectivity index (χ2n) is 7.29. The van der Waals surface area contributed by atoms with Crippen molar-refractivity contribution in [3.05, 3.63) is 48.0 Å². The number of rotatable bonds is 6. The van der Waals surface area contributed by atoms with Crippen LogP contribution in [0.5, 0.6) is 0 Å². The third-order valence-corrected chi connectivity index (χ3v) is 5.10. The average Bonchev–Trinajstić information content (AvgIpc) is 2.67. The zero-order valence-corrected chi connectivity index (χ0v) is 15.6. The predicted molar refractivity (Wildman–Crippen MR) is 103 cm³/mol. The molecule has 1 fully saturated rings. The van der Waals surface area contributed by atoms with Crippen molar-refractivity contribution >= 4 is 22.5 Å². The van der Waals surface area contributed by atoms with E-state index in [-0.39, 0.29) is 29.9 Å². The minimum absolute atomic E-state index is 0.0625. The maximum atomic E-state index is 12.8. The molecule has 26 heavy (non-hydrogen) atoms. The van der Waals surface area contributed by atoms with Gasteiger partial charge in [0.25, 0.3) is 0 Å². The summed E-state index contributed by atoms with van der Waals surface area (Å²) in [6, 6.07) is 14.4. The van der Waals surface area contributed by atoms with Gasteiger partial charge in [0, 0.05) is 31.3 Å². The summed E-state index contributed by atoms with van der Waals surface area (Å²) in [7, 11) is 0. The average molecular weight is 353 g/mol. The molecule has 0 bridgehead atoms. The highest BCUT2D eigenvalue weighted by Crippen LogP contribution is 2.25. The first kappa shape index (κ1) is 18.6. The number of fused-ring (bicyclic) bond motifs is 1. The van der Waals surface area contributed by atoms with E-state index in [1.54, 1.807) is 0 Å². The molecule has 3 rings (SSSR count). The molecule has 0 N–H and O–H groups in total. The number of nitrogens with zero attached hydrogens (tertiary/aromatic N) is 1. The predicted octanol–water partition coefficient (Wildman–Crippen LogP) is 3.47. The summed E-state index contributed by atoms with van der Waals surface area (Å²) in [5.74, 6) is -0.129. The lowest BCUT2D eigenvalue weighted by Gasteiger charge is -2.28. The topological polar surface area (TPSA) is 46.6 Å². The van der Waals surface area contributed by atoms with Gasteiger partial charge in [0.15, 0.2) is 0 Å². The molecule has 2 aromatic carbocycles. The highest BCUT2D eigenvalue weighted by Gasteiger charge is 2.27. The molecule has 1 unspecified atom stereocenters. The number of hydrogen-bond donors (Lipinski definition) is 0. The fourth-order valence-corrected chi connectivity index (χ4v) is 3.63. The molecule has 0 spiro atoms. The van der Waals surface area contributed by atoms with E-state index in [1.165, 1.54) is 5.39 Å². The van der Waals surface area contributed by atoms with Crippen LogP contribution in [0.2, 0.25) is 0 Å². The van der Waals surface area contributed by atoms with Crippen molar-refractivity contribution in [2.45, 2.75) is 26.7 Å². The van der Waals surface area contributed by atoms with Gasteiger partial charge in [-0.2, -0.15) is 0 Å². The third-order valence-electron chi connectivity index (χ3n) is 5.10. The summed E-state index contributed by atoms with van der Waals surface area (Å²) in [4.78, 5) is 27.3. The molecule has 0 aliphatic carbocycles. The Labute approximate surface area is 155 Å². The first-order valence-corrected chi connectivity index (χ1v) is 9.42. The minimum Gasteiger partial charge on any atom is -0.378 e. The van der Waals surface area contributed by atoms with E-state index in [9.17, 15) is 9.59 Å². The first-order valence-electron chi connectivity index (χ1n) is 9.42. The van der Waals surface area contributed by atoms with Crippen LogP contribution in [0.3, 0.4) is 0 Å². The summed E-state index contributed by atoms with van der Waals surface area (Å²) in [6.45, 7) is 6.23. The van der Waals surface area contributed by atoms with Gasteiger partial charge in [-0.15, -0.1) is 0 Å². The molecule has 4 nitrogen and oxygen atoms in total. The van der Waals surface area contributed by atoms with Gasteiger partial charge in [-0.3, -0.25) is 9.59 Å². The Morgan fingerprint density at radius 2 is 1.73 bits per heavy atom. The monoisotopic (exact) mass is 353 g/mol. The van der Waals surface area contributed by atoms with Crippen LogP contribution >= 0.6 is 0 Å². The Morgan fingerprint density at radius 1 is 1.04 bits per heavy atom. The van der Waals surface area contributed by atoms with Gasteiger partial charge in [0.2, 0.25) is 5.91 Å². The number of morpholine rings is 1. The van der Waals surface area contributed by atoms with E-state index in [4.69, 9.17) is 4.74 Å². The molecule has 138 valence electrons. The van der Waals surface area contributed by atoms with E-state index in [0.29, 0.717) is 32.7 Å². The first-order chi connectivity index (χ1) is 12.6. The molecule has 0 saturated carbocycles. The van der Waals surface area contributed by atoms with Crippen LogP contribution in [0.4, 0.5) is 0 Å². The maximum Gasteiger partial charge on any atom is 0.223 e. The summed E-state index contributed by atoms with van der Waals surface area (Å²) in [5.41, 5.74) is 1.14. The molecule has 1 amide bonds. The van der Waals surface area contributed by atoms with Gasteiger partial charge in [0.05, 0.1) is 13.2 Å². The highest BCUT2D eigenvalue weighted by atomic mass is 16.5. The lowest BCUT2D eigenvalue weighted by Crippen LogP contribution is -2.42. The highest BCUT2D eigenvalue weighted by molar-refractivity contribution is 5.90. The van der Waals surface area contributed by atoms with Crippen LogP contribution in [0.1, 0.15) is 25.8 Å². The molecule has 1 atom stereocenters. The molecule has 1 aliphatic rings. The second kappa shape index (κ2) is 8.45. The van der Waals surface area contributed by atoms with Crippen LogP contribution in [-0.2, 0) is 20.7 Å². The van der Waals surface area contributed by atoms with Crippen molar-refractivity contribution < 1.29 is 14.3 Å². The SMILES string of the molecule is CC(C)C(=O)C(CC(=O)N1CCOCC1)Cc1cccc2ccccc12. The zero-order valence-electron chi connectivity index (χ0n) is 15.6. The fourth-order valence-electron chi connectivity index (χ4n) is 3.63. The van der Waals surface area contributed by atoms with E-state index < -0.39 is 0 Å². The van der Waals surface area contributed by atoms with Crippen LogP contribution in [0.15, 0.2) is 42.5 Å². The number of carbonyl (C=O) groups excluding carboxylic acids is 2. The minimum atomic E-state index is -0.281. The Hall–Kier alpha value is -2.20. The standard InChI is InChI=1S/C22H27NO3/c1-16(2)22(25)19(15-21(24)23-10-12-26-13-11-23)14-18-8-5-7-17-6-3-4-9-20(17)18/h3-9,16,19H,10-15H2,1-2H3. The van der Waals surface area contributed by atoms with Crippen molar-refractivity contribution in [3.63, 3.8) is 0 Å². The summed E-state index contributed by atoms with van der Waals surface area (Å²) < 4.78 is 5.32. The van der Waals surface area contributed by atoms with Crippen molar-refractivity contribution in [2.24, 2.45) is 11.8 Å². The number of benzene rings is 2. The van der Waals surface area contributed by atoms with E-state index >= 15 is 0 Å². The van der Waals surface area contributed by atoms with Crippen molar-refractivity contribution in [2.75, 3.05) is 26.3 Å².